The Morgan fingerprint density at radius 3 is 2.21 bits per heavy atom. The maximum atomic E-state index is 12.7. The third-order valence-corrected chi connectivity index (χ3v) is 4.59. The highest BCUT2D eigenvalue weighted by molar-refractivity contribution is 5.87. The van der Waals surface area contributed by atoms with Crippen molar-refractivity contribution in [1.82, 2.24) is 5.48 Å². The summed E-state index contributed by atoms with van der Waals surface area (Å²) in [7, 11) is 2.95. The summed E-state index contributed by atoms with van der Waals surface area (Å²) in [5, 5.41) is 20.4. The van der Waals surface area contributed by atoms with Gasteiger partial charge in [0.05, 0.1) is 13.7 Å². The molecule has 0 heterocycles. The van der Waals surface area contributed by atoms with E-state index in [9.17, 15) is 9.59 Å². The Hall–Kier alpha value is -3.60. The minimum absolute atomic E-state index is 0.123. The quantitative estimate of drug-likeness (QED) is 0.228. The van der Waals surface area contributed by atoms with Gasteiger partial charge in [0.1, 0.15) is 24.2 Å². The second kappa shape index (κ2) is 13.1. The molecule has 10 heteroatoms. The first kappa shape index (κ1) is 25.7. The number of carbonyl (C=O) groups is 2. The molecule has 0 fully saturated rings. The highest BCUT2D eigenvalue weighted by atomic mass is 16.6. The first-order chi connectivity index (χ1) is 15.9. The van der Waals surface area contributed by atoms with E-state index < -0.39 is 24.2 Å². The van der Waals surface area contributed by atoms with Gasteiger partial charge in [-0.3, -0.25) is 15.3 Å². The number of rotatable bonds is 11. The zero-order chi connectivity index (χ0) is 24.2. The summed E-state index contributed by atoms with van der Waals surface area (Å²) in [6, 6.07) is 13.4. The van der Waals surface area contributed by atoms with Gasteiger partial charge in [0.15, 0.2) is 6.10 Å². The van der Waals surface area contributed by atoms with E-state index >= 15 is 0 Å². The number of amides is 2. The second-order valence-corrected chi connectivity index (χ2v) is 6.84. The number of ether oxygens (including phenoxy) is 4. The maximum Gasteiger partial charge on any atom is 0.412 e. The van der Waals surface area contributed by atoms with E-state index in [1.165, 1.54) is 12.6 Å². The number of hydroxylamine groups is 1. The minimum atomic E-state index is -0.942. The standard InChI is InChI=1S/C23H28N2O8/c1-15(14-20(27)25-29)21(31-3)22(16-4-8-19(9-5-16)32-13-12-26)33-23(28)24-17-6-10-18(30-2)11-7-17/h4-11,14,21-22,26,29H,12-13H2,1-3H3,(H,24,28)(H,25,27)/b15-14+/t21-,22-/m1/s1. The molecule has 4 N–H and O–H groups in total. The Morgan fingerprint density at radius 2 is 1.67 bits per heavy atom. The van der Waals surface area contributed by atoms with Gasteiger partial charge in [0.2, 0.25) is 0 Å². The number of methoxy groups -OCH3 is 2. The minimum Gasteiger partial charge on any atom is -0.497 e. The molecule has 0 radical (unpaired) electrons. The molecule has 2 aromatic rings. The lowest BCUT2D eigenvalue weighted by Gasteiger charge is -2.27. The van der Waals surface area contributed by atoms with Crippen LogP contribution in [0.25, 0.3) is 0 Å². The van der Waals surface area contributed by atoms with Crippen LogP contribution < -0.4 is 20.3 Å². The Kier molecular flexibility index (Phi) is 10.2. The Labute approximate surface area is 191 Å². The number of hydrogen-bond donors (Lipinski definition) is 4. The van der Waals surface area contributed by atoms with Gasteiger partial charge in [-0.1, -0.05) is 12.1 Å². The van der Waals surface area contributed by atoms with E-state index in [0.29, 0.717) is 28.3 Å². The van der Waals surface area contributed by atoms with Crippen molar-refractivity contribution in [2.75, 3.05) is 32.8 Å². The van der Waals surface area contributed by atoms with Crippen LogP contribution >= 0.6 is 0 Å². The van der Waals surface area contributed by atoms with E-state index in [1.807, 2.05) is 0 Å². The second-order valence-electron chi connectivity index (χ2n) is 6.84. The summed E-state index contributed by atoms with van der Waals surface area (Å²) >= 11 is 0. The third kappa shape index (κ3) is 7.79. The fourth-order valence-corrected chi connectivity index (χ4v) is 3.03. The summed E-state index contributed by atoms with van der Waals surface area (Å²) in [6.45, 7) is 1.63. The lowest BCUT2D eigenvalue weighted by molar-refractivity contribution is -0.124. The van der Waals surface area contributed by atoms with Crippen molar-refractivity contribution < 1.29 is 38.9 Å². The largest absolute Gasteiger partial charge is 0.497 e. The van der Waals surface area contributed by atoms with Crippen LogP contribution in [0.2, 0.25) is 0 Å². The van der Waals surface area contributed by atoms with Crippen molar-refractivity contribution in [1.29, 1.82) is 0 Å². The van der Waals surface area contributed by atoms with Crippen LogP contribution in [-0.4, -0.2) is 55.9 Å². The summed E-state index contributed by atoms with van der Waals surface area (Å²) in [4.78, 5) is 24.3. The van der Waals surface area contributed by atoms with Gasteiger partial charge in [-0.25, -0.2) is 10.3 Å². The molecular weight excluding hydrogens is 432 g/mol. The smallest absolute Gasteiger partial charge is 0.412 e. The highest BCUT2D eigenvalue weighted by Crippen LogP contribution is 2.30. The van der Waals surface area contributed by atoms with Crippen LogP contribution in [0.5, 0.6) is 11.5 Å². The monoisotopic (exact) mass is 460 g/mol. The molecule has 0 spiro atoms. The number of aliphatic hydroxyl groups excluding tert-OH is 1. The van der Waals surface area contributed by atoms with Gasteiger partial charge in [0.25, 0.3) is 5.91 Å². The van der Waals surface area contributed by atoms with E-state index in [4.69, 9.17) is 29.3 Å². The fraction of sp³-hybridized carbons (Fsp3) is 0.304. The molecule has 0 bridgehead atoms. The lowest BCUT2D eigenvalue weighted by Crippen LogP contribution is -2.30. The maximum absolute atomic E-state index is 12.7. The molecule has 178 valence electrons. The summed E-state index contributed by atoms with van der Waals surface area (Å²) in [6.07, 6.45) is -1.38. The number of nitrogens with one attached hydrogen (secondary N) is 2. The van der Waals surface area contributed by atoms with Crippen molar-refractivity contribution in [2.45, 2.75) is 19.1 Å². The molecule has 0 saturated heterocycles. The number of benzene rings is 2. The molecule has 33 heavy (non-hydrogen) atoms. The zero-order valence-electron chi connectivity index (χ0n) is 18.6. The number of aliphatic hydroxyl groups is 1. The Bertz CT molecular complexity index is 928. The SMILES string of the molecule is COc1ccc(NC(=O)O[C@H](c2ccc(OCCO)cc2)[C@H](OC)/C(C)=C/C(=O)NO)cc1. The number of anilines is 1. The van der Waals surface area contributed by atoms with Crippen LogP contribution in [0, 0.1) is 0 Å². The third-order valence-electron chi connectivity index (χ3n) is 4.59. The molecule has 2 atom stereocenters. The van der Waals surface area contributed by atoms with Gasteiger partial charge < -0.3 is 24.1 Å². The molecule has 0 aliphatic rings. The number of hydrogen-bond acceptors (Lipinski definition) is 8. The van der Waals surface area contributed by atoms with Crippen molar-refractivity contribution in [3.05, 3.63) is 65.7 Å². The van der Waals surface area contributed by atoms with Gasteiger partial charge in [-0.05, 0) is 54.5 Å². The van der Waals surface area contributed by atoms with Crippen molar-refractivity contribution >= 4 is 17.7 Å². The van der Waals surface area contributed by atoms with Crippen LogP contribution in [-0.2, 0) is 14.3 Å². The normalized spacial score (nSPS) is 12.9. The van der Waals surface area contributed by atoms with Crippen LogP contribution in [0.4, 0.5) is 10.5 Å². The molecule has 2 amide bonds. The van der Waals surface area contributed by atoms with E-state index in [2.05, 4.69) is 5.32 Å². The fourth-order valence-electron chi connectivity index (χ4n) is 3.03. The highest BCUT2D eigenvalue weighted by Gasteiger charge is 2.29. The molecule has 0 saturated carbocycles. The van der Waals surface area contributed by atoms with Gasteiger partial charge >= 0.3 is 6.09 Å². The van der Waals surface area contributed by atoms with Crippen molar-refractivity contribution in [3.8, 4) is 11.5 Å². The molecule has 0 aromatic heterocycles. The predicted molar refractivity (Wildman–Crippen MR) is 119 cm³/mol. The Morgan fingerprint density at radius 1 is 1.03 bits per heavy atom. The number of carbonyl (C=O) groups excluding carboxylic acids is 2. The molecule has 0 aliphatic carbocycles. The van der Waals surface area contributed by atoms with Gasteiger partial charge in [-0.15, -0.1) is 0 Å². The van der Waals surface area contributed by atoms with Crippen LogP contribution in [0.3, 0.4) is 0 Å². The Balaban J connectivity index is 2.29. The average Bonchev–Trinajstić information content (AvgIpc) is 2.83. The van der Waals surface area contributed by atoms with E-state index in [1.54, 1.807) is 62.6 Å². The van der Waals surface area contributed by atoms with E-state index in [-0.39, 0.29) is 13.2 Å². The average molecular weight is 460 g/mol. The summed E-state index contributed by atoms with van der Waals surface area (Å²) in [5.41, 5.74) is 3.00. The van der Waals surface area contributed by atoms with E-state index in [0.717, 1.165) is 6.08 Å². The molecule has 0 aliphatic heterocycles. The summed E-state index contributed by atoms with van der Waals surface area (Å²) < 4.78 is 21.7. The van der Waals surface area contributed by atoms with Crippen molar-refractivity contribution in [3.63, 3.8) is 0 Å². The predicted octanol–water partition coefficient (Wildman–Crippen LogP) is 2.82. The van der Waals surface area contributed by atoms with Gasteiger partial charge in [-0.2, -0.15) is 0 Å². The zero-order valence-corrected chi connectivity index (χ0v) is 18.6. The van der Waals surface area contributed by atoms with Crippen LogP contribution in [0.15, 0.2) is 60.2 Å². The van der Waals surface area contributed by atoms with Gasteiger partial charge in [0, 0.05) is 18.9 Å². The first-order valence-electron chi connectivity index (χ1n) is 10.0. The molecule has 2 rings (SSSR count). The molecular formula is C23H28N2O8. The van der Waals surface area contributed by atoms with Crippen LogP contribution in [0.1, 0.15) is 18.6 Å². The molecule has 0 unspecified atom stereocenters. The molecule has 10 nitrogen and oxygen atoms in total. The topological polar surface area (TPSA) is 136 Å². The summed E-state index contributed by atoms with van der Waals surface area (Å²) in [5.74, 6) is 0.413. The first-order valence-corrected chi connectivity index (χ1v) is 10.0. The van der Waals surface area contributed by atoms with Crippen molar-refractivity contribution in [2.24, 2.45) is 0 Å². The molecule has 2 aromatic carbocycles. The lowest BCUT2D eigenvalue weighted by atomic mass is 9.98.